The number of aromatic nitrogens is 3. The van der Waals surface area contributed by atoms with Crippen molar-refractivity contribution in [1.29, 1.82) is 0 Å². The van der Waals surface area contributed by atoms with E-state index in [-0.39, 0.29) is 0 Å². The van der Waals surface area contributed by atoms with Crippen LogP contribution >= 0.6 is 23.2 Å². The first-order valence-corrected chi connectivity index (χ1v) is 7.31. The third-order valence-electron chi connectivity index (χ3n) is 3.70. The van der Waals surface area contributed by atoms with Gasteiger partial charge in [0.05, 0.1) is 5.69 Å². The van der Waals surface area contributed by atoms with Gasteiger partial charge in [-0.3, -0.25) is 0 Å². The number of rotatable bonds is 1. The van der Waals surface area contributed by atoms with Gasteiger partial charge in [-0.1, -0.05) is 35.3 Å². The summed E-state index contributed by atoms with van der Waals surface area (Å²) in [6.07, 6.45) is 3.12. The Morgan fingerprint density at radius 3 is 2.65 bits per heavy atom. The molecule has 1 aliphatic rings. The third kappa shape index (κ3) is 1.81. The summed E-state index contributed by atoms with van der Waals surface area (Å²) in [5, 5.41) is 5.98. The number of fused-ring (bicyclic) bond motifs is 2. The van der Waals surface area contributed by atoms with E-state index in [1.807, 2.05) is 30.3 Å². The lowest BCUT2D eigenvalue weighted by molar-refractivity contribution is 0.901. The molecule has 20 heavy (non-hydrogen) atoms. The van der Waals surface area contributed by atoms with Crippen LogP contribution in [0.1, 0.15) is 17.7 Å². The molecule has 0 N–H and O–H groups in total. The number of hydrogen-bond acceptors (Lipinski definition) is 2. The van der Waals surface area contributed by atoms with Crippen LogP contribution < -0.4 is 0 Å². The van der Waals surface area contributed by atoms with Crippen LogP contribution in [0.4, 0.5) is 0 Å². The van der Waals surface area contributed by atoms with E-state index >= 15 is 0 Å². The van der Waals surface area contributed by atoms with Gasteiger partial charge in [-0.05, 0) is 31.4 Å². The Hall–Kier alpha value is -1.58. The van der Waals surface area contributed by atoms with Crippen LogP contribution in [0, 0.1) is 0 Å². The molecule has 2 aromatic heterocycles. The molecule has 4 rings (SSSR count). The van der Waals surface area contributed by atoms with E-state index in [9.17, 15) is 0 Å². The fraction of sp³-hybridized carbons (Fsp3) is 0.200. The van der Waals surface area contributed by atoms with Crippen molar-refractivity contribution in [3.63, 3.8) is 0 Å². The van der Waals surface area contributed by atoms with Gasteiger partial charge in [0, 0.05) is 27.9 Å². The molecule has 0 spiro atoms. The molecule has 0 bridgehead atoms. The third-order valence-corrected chi connectivity index (χ3v) is 4.34. The predicted octanol–water partition coefficient (Wildman–Crippen LogP) is 4.19. The Bertz CT molecular complexity index is 806. The average Bonchev–Trinajstić information content (AvgIpc) is 3.06. The van der Waals surface area contributed by atoms with Crippen molar-refractivity contribution in [2.24, 2.45) is 0 Å². The van der Waals surface area contributed by atoms with Gasteiger partial charge in [0.15, 0.2) is 5.65 Å². The Balaban J connectivity index is 1.91. The Morgan fingerprint density at radius 1 is 1.05 bits per heavy atom. The summed E-state index contributed by atoms with van der Waals surface area (Å²) in [4.78, 5) is 4.67. The van der Waals surface area contributed by atoms with E-state index < -0.39 is 0 Å². The molecule has 3 nitrogen and oxygen atoms in total. The summed E-state index contributed by atoms with van der Waals surface area (Å²) in [7, 11) is 0. The normalized spacial score (nSPS) is 13.9. The van der Waals surface area contributed by atoms with Crippen LogP contribution in [-0.2, 0) is 12.8 Å². The van der Waals surface area contributed by atoms with Gasteiger partial charge in [0.1, 0.15) is 5.15 Å². The van der Waals surface area contributed by atoms with Gasteiger partial charge in [-0.25, -0.2) is 9.50 Å². The topological polar surface area (TPSA) is 30.2 Å². The smallest absolute Gasteiger partial charge is 0.157 e. The molecule has 1 aliphatic carbocycles. The maximum absolute atomic E-state index is 6.45. The highest BCUT2D eigenvalue weighted by Gasteiger charge is 2.20. The minimum absolute atomic E-state index is 0.697. The summed E-state index contributed by atoms with van der Waals surface area (Å²) in [6.45, 7) is 0. The summed E-state index contributed by atoms with van der Waals surface area (Å²) in [5.41, 5.74) is 4.94. The molecule has 0 unspecified atom stereocenters. The van der Waals surface area contributed by atoms with Crippen LogP contribution in [0.25, 0.3) is 16.9 Å². The van der Waals surface area contributed by atoms with Crippen molar-refractivity contribution in [3.05, 3.63) is 51.8 Å². The molecule has 0 fully saturated rings. The summed E-state index contributed by atoms with van der Waals surface area (Å²) < 4.78 is 1.73. The second kappa shape index (κ2) is 4.47. The second-order valence-electron chi connectivity index (χ2n) is 4.99. The first-order valence-electron chi connectivity index (χ1n) is 6.55. The minimum Gasteiger partial charge on any atom is -0.233 e. The molecule has 0 saturated carbocycles. The highest BCUT2D eigenvalue weighted by molar-refractivity contribution is 6.31. The Kier molecular flexibility index (Phi) is 2.72. The van der Waals surface area contributed by atoms with Gasteiger partial charge in [0.25, 0.3) is 0 Å². The van der Waals surface area contributed by atoms with Crippen molar-refractivity contribution >= 4 is 28.8 Å². The fourth-order valence-electron chi connectivity index (χ4n) is 2.70. The van der Waals surface area contributed by atoms with Gasteiger partial charge in [-0.15, -0.1) is 0 Å². The summed E-state index contributed by atoms with van der Waals surface area (Å²) in [6, 6.07) is 9.58. The van der Waals surface area contributed by atoms with E-state index in [1.54, 1.807) is 4.52 Å². The van der Waals surface area contributed by atoms with Crippen LogP contribution in [0.5, 0.6) is 0 Å². The fourth-order valence-corrected chi connectivity index (χ4v) is 3.15. The highest BCUT2D eigenvalue weighted by atomic mass is 35.5. The highest BCUT2D eigenvalue weighted by Crippen LogP contribution is 2.30. The molecule has 100 valence electrons. The number of halogens is 2. The molecule has 0 saturated heterocycles. The maximum Gasteiger partial charge on any atom is 0.157 e. The van der Waals surface area contributed by atoms with Crippen LogP contribution in [0.2, 0.25) is 10.2 Å². The quantitative estimate of drug-likeness (QED) is 0.631. The van der Waals surface area contributed by atoms with Crippen molar-refractivity contribution in [1.82, 2.24) is 14.6 Å². The lowest BCUT2D eigenvalue weighted by atomic mass is 10.1. The van der Waals surface area contributed by atoms with Gasteiger partial charge in [0.2, 0.25) is 0 Å². The average molecular weight is 304 g/mol. The van der Waals surface area contributed by atoms with Crippen molar-refractivity contribution in [3.8, 4) is 11.3 Å². The number of benzene rings is 1. The number of aryl methyl sites for hydroxylation is 1. The maximum atomic E-state index is 6.45. The molecular weight excluding hydrogens is 293 g/mol. The van der Waals surface area contributed by atoms with Crippen molar-refractivity contribution < 1.29 is 0 Å². The molecule has 0 aliphatic heterocycles. The molecule has 0 radical (unpaired) electrons. The van der Waals surface area contributed by atoms with E-state index in [4.69, 9.17) is 23.2 Å². The van der Waals surface area contributed by atoms with Gasteiger partial charge in [-0.2, -0.15) is 5.10 Å². The predicted molar refractivity (Wildman–Crippen MR) is 80.5 cm³/mol. The first-order chi connectivity index (χ1) is 9.72. The van der Waals surface area contributed by atoms with Crippen LogP contribution in [0.3, 0.4) is 0 Å². The zero-order valence-electron chi connectivity index (χ0n) is 10.6. The largest absolute Gasteiger partial charge is 0.233 e. The standard InChI is InChI=1S/C15H11Cl2N3/c16-10-6-4-9(5-7-10)13-8-14-18-12-3-1-2-11(12)15(17)20(14)19-13/h4-8H,1-3H2. The van der Waals surface area contributed by atoms with E-state index in [1.165, 1.54) is 0 Å². The molecule has 0 amide bonds. The van der Waals surface area contributed by atoms with Gasteiger partial charge < -0.3 is 0 Å². The molecule has 5 heteroatoms. The molecule has 3 aromatic rings. The Labute approximate surface area is 126 Å². The Morgan fingerprint density at radius 2 is 1.85 bits per heavy atom. The summed E-state index contributed by atoms with van der Waals surface area (Å²) in [5.74, 6) is 0. The number of hydrogen-bond donors (Lipinski definition) is 0. The van der Waals surface area contributed by atoms with Crippen LogP contribution in [0.15, 0.2) is 30.3 Å². The number of nitrogens with zero attached hydrogens (tertiary/aromatic N) is 3. The summed E-state index contributed by atoms with van der Waals surface area (Å²) >= 11 is 12.4. The van der Waals surface area contributed by atoms with E-state index in [0.717, 1.165) is 47.4 Å². The van der Waals surface area contributed by atoms with Crippen LogP contribution in [-0.4, -0.2) is 14.6 Å². The van der Waals surface area contributed by atoms with Gasteiger partial charge >= 0.3 is 0 Å². The molecular formula is C15H11Cl2N3. The molecule has 0 atom stereocenters. The van der Waals surface area contributed by atoms with Crippen molar-refractivity contribution in [2.45, 2.75) is 19.3 Å². The lowest BCUT2D eigenvalue weighted by Crippen LogP contribution is -1.99. The molecule has 1 aromatic carbocycles. The zero-order chi connectivity index (χ0) is 13.7. The zero-order valence-corrected chi connectivity index (χ0v) is 12.1. The first kappa shape index (κ1) is 12.2. The van der Waals surface area contributed by atoms with E-state index in [2.05, 4.69) is 10.1 Å². The monoisotopic (exact) mass is 303 g/mol. The van der Waals surface area contributed by atoms with Crippen molar-refractivity contribution in [2.75, 3.05) is 0 Å². The van der Waals surface area contributed by atoms with E-state index in [0.29, 0.717) is 10.2 Å². The molecule has 2 heterocycles. The second-order valence-corrected chi connectivity index (χ2v) is 5.78. The minimum atomic E-state index is 0.697. The SMILES string of the molecule is Clc1ccc(-c2cc3nc4c(c(Cl)n3n2)CCC4)cc1. The lowest BCUT2D eigenvalue weighted by Gasteiger charge is -2.03.